The fourth-order valence-corrected chi connectivity index (χ4v) is 2.85. The molecule has 0 heterocycles. The van der Waals surface area contributed by atoms with Crippen molar-refractivity contribution < 1.29 is 4.43 Å². The van der Waals surface area contributed by atoms with Crippen LogP contribution < -0.4 is 0 Å². The van der Waals surface area contributed by atoms with Crippen molar-refractivity contribution in [2.45, 2.75) is 84.2 Å². The maximum Gasteiger partial charge on any atom is 0.192 e. The highest BCUT2D eigenvalue weighted by atomic mass is 28.4. The third kappa shape index (κ3) is 6.87. The molecule has 1 nitrogen and oxygen atoms in total. The molecule has 0 aromatic rings. The molecule has 0 aromatic carbocycles. The first-order valence-corrected chi connectivity index (χ1v) is 13.8. The van der Waals surface area contributed by atoms with Crippen LogP contribution in [-0.2, 0) is 4.43 Å². The van der Waals surface area contributed by atoms with Gasteiger partial charge in [0.1, 0.15) is 8.07 Å². The molecular weight excluding hydrogens is 288 g/mol. The van der Waals surface area contributed by atoms with Crippen LogP contribution in [0.1, 0.15) is 48.0 Å². The molecule has 0 bridgehead atoms. The van der Waals surface area contributed by atoms with Gasteiger partial charge in [-0.3, -0.25) is 0 Å². The van der Waals surface area contributed by atoms with Crippen molar-refractivity contribution in [3.8, 4) is 23.3 Å². The monoisotopic (exact) mass is 322 g/mol. The van der Waals surface area contributed by atoms with Crippen molar-refractivity contribution in [1.82, 2.24) is 0 Å². The van der Waals surface area contributed by atoms with E-state index in [1.54, 1.807) is 0 Å². The van der Waals surface area contributed by atoms with Gasteiger partial charge in [-0.15, -0.1) is 5.54 Å². The van der Waals surface area contributed by atoms with Gasteiger partial charge in [-0.2, -0.15) is 0 Å². The highest BCUT2D eigenvalue weighted by molar-refractivity contribution is 6.87. The smallest absolute Gasteiger partial charge is 0.192 e. The lowest BCUT2D eigenvalue weighted by Crippen LogP contribution is -2.40. The van der Waals surface area contributed by atoms with Crippen LogP contribution in [0, 0.1) is 23.3 Å². The van der Waals surface area contributed by atoms with Gasteiger partial charge in [-0.05, 0) is 35.0 Å². The van der Waals surface area contributed by atoms with Crippen LogP contribution in [0.3, 0.4) is 0 Å². The molecule has 21 heavy (non-hydrogen) atoms. The van der Waals surface area contributed by atoms with Gasteiger partial charge in [0, 0.05) is 13.0 Å². The largest absolute Gasteiger partial charge is 0.416 e. The Kier molecular flexibility index (Phi) is 7.02. The van der Waals surface area contributed by atoms with Crippen molar-refractivity contribution in [3.05, 3.63) is 0 Å². The van der Waals surface area contributed by atoms with Crippen LogP contribution in [-0.4, -0.2) is 23.0 Å². The predicted octanol–water partition coefficient (Wildman–Crippen LogP) is 5.45. The Labute approximate surface area is 135 Å². The Bertz CT molecular complexity index is 454. The lowest BCUT2D eigenvalue weighted by atomic mass is 10.2. The summed E-state index contributed by atoms with van der Waals surface area (Å²) >= 11 is 0. The van der Waals surface area contributed by atoms with E-state index in [0.29, 0.717) is 5.04 Å². The lowest BCUT2D eigenvalue weighted by molar-refractivity contribution is 0.296. The van der Waals surface area contributed by atoms with E-state index in [1.807, 2.05) is 0 Å². The average Bonchev–Trinajstić information content (AvgIpc) is 2.24. The van der Waals surface area contributed by atoms with Gasteiger partial charge in [-0.1, -0.05) is 60.6 Å². The summed E-state index contributed by atoms with van der Waals surface area (Å²) in [6.45, 7) is 23.5. The van der Waals surface area contributed by atoms with E-state index >= 15 is 0 Å². The van der Waals surface area contributed by atoms with Crippen molar-refractivity contribution in [3.63, 3.8) is 0 Å². The standard InChI is InChI=1S/C18H34OSi2/c1-17(2,3)20(7,8)16-14-12-11-13-15-19-21(9,10)18(4,5)6/h13,15H2,1-10H3. The summed E-state index contributed by atoms with van der Waals surface area (Å²) in [5.41, 5.74) is 3.41. The third-order valence-corrected chi connectivity index (χ3v) is 13.9. The molecule has 0 fully saturated rings. The summed E-state index contributed by atoms with van der Waals surface area (Å²) in [5.74, 6) is 9.19. The molecule has 0 amide bonds. The number of hydrogen-bond donors (Lipinski definition) is 0. The van der Waals surface area contributed by atoms with Gasteiger partial charge in [0.15, 0.2) is 8.32 Å². The molecule has 0 saturated heterocycles. The Morgan fingerprint density at radius 2 is 1.33 bits per heavy atom. The second-order valence-electron chi connectivity index (χ2n) is 8.79. The molecule has 0 aliphatic rings. The van der Waals surface area contributed by atoms with E-state index in [0.717, 1.165) is 13.0 Å². The second kappa shape index (κ2) is 7.18. The third-order valence-electron chi connectivity index (χ3n) is 4.90. The van der Waals surface area contributed by atoms with Gasteiger partial charge in [0.25, 0.3) is 0 Å². The Balaban J connectivity index is 4.38. The molecule has 0 aliphatic carbocycles. The predicted molar refractivity (Wildman–Crippen MR) is 101 cm³/mol. The summed E-state index contributed by atoms with van der Waals surface area (Å²) < 4.78 is 6.09. The quantitative estimate of drug-likeness (QED) is 0.381. The number of rotatable bonds is 3. The molecule has 0 saturated carbocycles. The van der Waals surface area contributed by atoms with Crippen LogP contribution in [0.4, 0.5) is 0 Å². The topological polar surface area (TPSA) is 9.23 Å². The summed E-state index contributed by atoms with van der Waals surface area (Å²) in [6.07, 6.45) is 0.776. The molecule has 0 rings (SSSR count). The summed E-state index contributed by atoms with van der Waals surface area (Å²) in [7, 11) is -3.14. The first kappa shape index (κ1) is 20.5. The molecule has 3 heteroatoms. The van der Waals surface area contributed by atoms with Gasteiger partial charge in [0.05, 0.1) is 0 Å². The van der Waals surface area contributed by atoms with E-state index in [4.69, 9.17) is 4.43 Å². The molecule has 120 valence electrons. The fraction of sp³-hybridized carbons (Fsp3) is 0.778. The average molecular weight is 323 g/mol. The van der Waals surface area contributed by atoms with Gasteiger partial charge in [-0.25, -0.2) is 0 Å². The Morgan fingerprint density at radius 1 is 0.810 bits per heavy atom. The highest BCUT2D eigenvalue weighted by Crippen LogP contribution is 2.36. The van der Waals surface area contributed by atoms with Gasteiger partial charge < -0.3 is 4.43 Å². The summed E-state index contributed by atoms with van der Waals surface area (Å²) in [4.78, 5) is 0. The van der Waals surface area contributed by atoms with Crippen molar-refractivity contribution in [2.75, 3.05) is 6.61 Å². The lowest BCUT2D eigenvalue weighted by Gasteiger charge is -2.35. The zero-order valence-corrected chi connectivity index (χ0v) is 17.8. The second-order valence-corrected chi connectivity index (χ2v) is 18.6. The zero-order chi connectivity index (χ0) is 16.9. The molecule has 0 radical (unpaired) electrons. The first-order chi connectivity index (χ1) is 9.21. The van der Waals surface area contributed by atoms with Crippen molar-refractivity contribution in [2.24, 2.45) is 0 Å². The SMILES string of the molecule is CC(C)(C)[Si](C)(C)C#CC#CCCO[Si](C)(C)C(C)(C)C. The fourth-order valence-electron chi connectivity index (χ4n) is 1.06. The maximum atomic E-state index is 6.09. The summed E-state index contributed by atoms with van der Waals surface area (Å²) in [6, 6.07) is 0. The number of hydrogen-bond acceptors (Lipinski definition) is 1. The minimum absolute atomic E-state index is 0.266. The minimum atomic E-state index is -1.63. The maximum absolute atomic E-state index is 6.09. The van der Waals surface area contributed by atoms with Crippen LogP contribution >= 0.6 is 0 Å². The van der Waals surface area contributed by atoms with E-state index in [9.17, 15) is 0 Å². The van der Waals surface area contributed by atoms with Crippen molar-refractivity contribution in [1.29, 1.82) is 0 Å². The Hall–Kier alpha value is -0.486. The van der Waals surface area contributed by atoms with Crippen LogP contribution in [0.15, 0.2) is 0 Å². The molecule has 0 atom stereocenters. The van der Waals surface area contributed by atoms with Gasteiger partial charge in [0.2, 0.25) is 0 Å². The van der Waals surface area contributed by atoms with Crippen LogP contribution in [0.2, 0.25) is 36.3 Å². The normalized spacial score (nSPS) is 13.0. The highest BCUT2D eigenvalue weighted by Gasteiger charge is 2.36. The van der Waals surface area contributed by atoms with E-state index in [1.165, 1.54) is 0 Å². The van der Waals surface area contributed by atoms with Crippen LogP contribution in [0.25, 0.3) is 0 Å². The molecule has 0 aliphatic heterocycles. The minimum Gasteiger partial charge on any atom is -0.416 e. The summed E-state index contributed by atoms with van der Waals surface area (Å²) in [5, 5.41) is 0.565. The van der Waals surface area contributed by atoms with Crippen LogP contribution in [0.5, 0.6) is 0 Å². The van der Waals surface area contributed by atoms with Gasteiger partial charge >= 0.3 is 0 Å². The van der Waals surface area contributed by atoms with E-state index in [-0.39, 0.29) is 5.04 Å². The molecule has 0 N–H and O–H groups in total. The van der Waals surface area contributed by atoms with Crippen molar-refractivity contribution >= 4 is 16.4 Å². The van der Waals surface area contributed by atoms with E-state index < -0.39 is 16.4 Å². The molecule has 0 spiro atoms. The molecule has 0 aromatic heterocycles. The molecular formula is C18H34OSi2. The zero-order valence-electron chi connectivity index (χ0n) is 15.8. The Morgan fingerprint density at radius 3 is 1.76 bits per heavy atom. The van der Waals surface area contributed by atoms with E-state index in [2.05, 4.69) is 91.0 Å². The first-order valence-electron chi connectivity index (χ1n) is 7.85. The molecule has 0 unspecified atom stereocenters.